The van der Waals surface area contributed by atoms with Gasteiger partial charge in [-0.2, -0.15) is 0 Å². The third-order valence-corrected chi connectivity index (χ3v) is 3.77. The Hall–Kier alpha value is -2.10. The van der Waals surface area contributed by atoms with E-state index in [1.165, 1.54) is 12.0 Å². The number of oxazole rings is 1. The maximum absolute atomic E-state index is 5.64. The minimum atomic E-state index is 0.0414. The molecule has 2 heterocycles. The molecule has 0 saturated heterocycles. The molecule has 3 rings (SSSR count). The van der Waals surface area contributed by atoms with Crippen molar-refractivity contribution >= 4 is 11.1 Å². The largest absolute Gasteiger partial charge is 0.443 e. The molecule has 0 aliphatic carbocycles. The molecule has 0 unspecified atom stereocenters. The molecule has 3 aromatic rings. The Bertz CT molecular complexity index is 762. The highest BCUT2D eigenvalue weighted by Crippen LogP contribution is 2.31. The van der Waals surface area contributed by atoms with E-state index in [9.17, 15) is 0 Å². The summed E-state index contributed by atoms with van der Waals surface area (Å²) in [5, 5.41) is 0. The average Bonchev–Trinajstić information content (AvgIpc) is 3.05. The van der Waals surface area contributed by atoms with Gasteiger partial charge in [-0.05, 0) is 11.0 Å². The van der Waals surface area contributed by atoms with Gasteiger partial charge in [-0.1, -0.05) is 39.8 Å². The van der Waals surface area contributed by atoms with Gasteiger partial charge in [0.15, 0.2) is 12.0 Å². The SMILES string of the molecule is CCc1ncc(Cc2ccc(C(C)(C)C)c3ocnc23)[nH]1. The number of fused-ring (bicyclic) bond motifs is 1. The number of H-pyrrole nitrogens is 1. The van der Waals surface area contributed by atoms with E-state index in [1.54, 1.807) is 0 Å². The van der Waals surface area contributed by atoms with Crippen LogP contribution in [-0.2, 0) is 18.3 Å². The molecule has 0 fully saturated rings. The lowest BCUT2D eigenvalue weighted by molar-refractivity contribution is 0.554. The van der Waals surface area contributed by atoms with Crippen molar-refractivity contribution in [3.05, 3.63) is 47.4 Å². The minimum Gasteiger partial charge on any atom is -0.443 e. The van der Waals surface area contributed by atoms with Crippen molar-refractivity contribution in [3.63, 3.8) is 0 Å². The smallest absolute Gasteiger partial charge is 0.182 e. The summed E-state index contributed by atoms with van der Waals surface area (Å²) < 4.78 is 5.64. The predicted octanol–water partition coefficient (Wildman–Crippen LogP) is 4.00. The fourth-order valence-corrected chi connectivity index (χ4v) is 2.62. The maximum atomic E-state index is 5.64. The van der Waals surface area contributed by atoms with Gasteiger partial charge in [0.1, 0.15) is 11.3 Å². The summed E-state index contributed by atoms with van der Waals surface area (Å²) in [6.07, 6.45) is 5.15. The number of nitrogens with zero attached hydrogens (tertiary/aromatic N) is 2. The lowest BCUT2D eigenvalue weighted by atomic mass is 9.85. The molecule has 0 atom stereocenters. The van der Waals surface area contributed by atoms with Crippen LogP contribution in [0.1, 0.15) is 50.3 Å². The zero-order valence-corrected chi connectivity index (χ0v) is 13.0. The van der Waals surface area contributed by atoms with E-state index in [0.29, 0.717) is 0 Å². The lowest BCUT2D eigenvalue weighted by Gasteiger charge is -2.19. The number of aromatic nitrogens is 3. The first kappa shape index (κ1) is 13.9. The predicted molar refractivity (Wildman–Crippen MR) is 83.5 cm³/mol. The number of aryl methyl sites for hydroxylation is 1. The zero-order chi connectivity index (χ0) is 15.0. The second kappa shape index (κ2) is 5.02. The number of hydrogen-bond donors (Lipinski definition) is 1. The van der Waals surface area contributed by atoms with Gasteiger partial charge in [-0.3, -0.25) is 0 Å². The fourth-order valence-electron chi connectivity index (χ4n) is 2.62. The van der Waals surface area contributed by atoms with E-state index >= 15 is 0 Å². The Morgan fingerprint density at radius 1 is 1.19 bits per heavy atom. The van der Waals surface area contributed by atoms with Crippen LogP contribution in [0.25, 0.3) is 11.1 Å². The Morgan fingerprint density at radius 3 is 2.67 bits per heavy atom. The van der Waals surface area contributed by atoms with Crippen LogP contribution < -0.4 is 0 Å². The molecular weight excluding hydrogens is 262 g/mol. The number of imidazole rings is 1. The fraction of sp³-hybridized carbons (Fsp3) is 0.412. The second-order valence-corrected chi connectivity index (χ2v) is 6.44. The van der Waals surface area contributed by atoms with Crippen LogP contribution in [0.2, 0.25) is 0 Å². The topological polar surface area (TPSA) is 54.7 Å². The summed E-state index contributed by atoms with van der Waals surface area (Å²) in [6.45, 7) is 8.65. The van der Waals surface area contributed by atoms with E-state index in [0.717, 1.165) is 41.0 Å². The molecule has 0 saturated carbocycles. The Kier molecular flexibility index (Phi) is 3.32. The van der Waals surface area contributed by atoms with Crippen molar-refractivity contribution in [3.8, 4) is 0 Å². The second-order valence-electron chi connectivity index (χ2n) is 6.44. The molecule has 4 heteroatoms. The highest BCUT2D eigenvalue weighted by atomic mass is 16.3. The normalized spacial score (nSPS) is 12.2. The summed E-state index contributed by atoms with van der Waals surface area (Å²) in [4.78, 5) is 12.1. The quantitative estimate of drug-likeness (QED) is 0.790. The summed E-state index contributed by atoms with van der Waals surface area (Å²) in [5.74, 6) is 1.02. The molecule has 110 valence electrons. The Balaban J connectivity index is 2.02. The lowest BCUT2D eigenvalue weighted by Crippen LogP contribution is -2.11. The molecule has 0 radical (unpaired) electrons. The van der Waals surface area contributed by atoms with Gasteiger partial charge in [0.05, 0.1) is 0 Å². The highest BCUT2D eigenvalue weighted by molar-refractivity contribution is 5.81. The number of hydrogen-bond acceptors (Lipinski definition) is 3. The third kappa shape index (κ3) is 2.58. The van der Waals surface area contributed by atoms with E-state index in [1.807, 2.05) is 6.20 Å². The van der Waals surface area contributed by atoms with Crippen molar-refractivity contribution in [2.24, 2.45) is 0 Å². The van der Waals surface area contributed by atoms with Crippen molar-refractivity contribution < 1.29 is 4.42 Å². The van der Waals surface area contributed by atoms with E-state index in [2.05, 4.69) is 54.8 Å². The molecule has 0 bridgehead atoms. The van der Waals surface area contributed by atoms with Gasteiger partial charge in [0, 0.05) is 30.3 Å². The summed E-state index contributed by atoms with van der Waals surface area (Å²) >= 11 is 0. The first-order valence-electron chi connectivity index (χ1n) is 7.37. The van der Waals surface area contributed by atoms with Gasteiger partial charge < -0.3 is 9.40 Å². The number of rotatable bonds is 3. The van der Waals surface area contributed by atoms with Crippen LogP contribution in [0.3, 0.4) is 0 Å². The maximum Gasteiger partial charge on any atom is 0.182 e. The number of nitrogens with one attached hydrogen (secondary N) is 1. The molecule has 0 spiro atoms. The van der Waals surface area contributed by atoms with Crippen molar-refractivity contribution in [2.45, 2.75) is 46.0 Å². The van der Waals surface area contributed by atoms with Gasteiger partial charge in [-0.25, -0.2) is 9.97 Å². The van der Waals surface area contributed by atoms with E-state index in [4.69, 9.17) is 4.42 Å². The molecule has 2 aromatic heterocycles. The van der Waals surface area contributed by atoms with Crippen LogP contribution >= 0.6 is 0 Å². The number of aromatic amines is 1. The van der Waals surface area contributed by atoms with Gasteiger partial charge >= 0.3 is 0 Å². The minimum absolute atomic E-state index is 0.0414. The zero-order valence-electron chi connectivity index (χ0n) is 13.0. The van der Waals surface area contributed by atoms with Crippen molar-refractivity contribution in [1.29, 1.82) is 0 Å². The molecule has 4 nitrogen and oxygen atoms in total. The first-order chi connectivity index (χ1) is 9.99. The van der Waals surface area contributed by atoms with Gasteiger partial charge in [0.25, 0.3) is 0 Å². The van der Waals surface area contributed by atoms with Crippen LogP contribution in [0.15, 0.2) is 29.1 Å². The van der Waals surface area contributed by atoms with Crippen LogP contribution in [0, 0.1) is 0 Å². The summed E-state index contributed by atoms with van der Waals surface area (Å²) in [6, 6.07) is 4.30. The Labute approximate surface area is 124 Å². The van der Waals surface area contributed by atoms with Gasteiger partial charge in [0.2, 0.25) is 0 Å². The van der Waals surface area contributed by atoms with Crippen molar-refractivity contribution in [2.75, 3.05) is 0 Å². The first-order valence-corrected chi connectivity index (χ1v) is 7.37. The van der Waals surface area contributed by atoms with E-state index < -0.39 is 0 Å². The molecule has 0 aliphatic heterocycles. The monoisotopic (exact) mass is 283 g/mol. The van der Waals surface area contributed by atoms with E-state index in [-0.39, 0.29) is 5.41 Å². The third-order valence-electron chi connectivity index (χ3n) is 3.77. The van der Waals surface area contributed by atoms with Gasteiger partial charge in [-0.15, -0.1) is 0 Å². The summed E-state index contributed by atoms with van der Waals surface area (Å²) in [5.41, 5.74) is 5.36. The van der Waals surface area contributed by atoms with Crippen LogP contribution in [0.4, 0.5) is 0 Å². The molecular formula is C17H21N3O. The molecule has 0 amide bonds. The highest BCUT2D eigenvalue weighted by Gasteiger charge is 2.21. The number of benzene rings is 1. The molecule has 21 heavy (non-hydrogen) atoms. The standard InChI is InChI=1S/C17H21N3O/c1-5-14-18-9-12(20-14)8-11-6-7-13(17(2,3)4)16-15(11)19-10-21-16/h6-7,9-10H,5,8H2,1-4H3,(H,18,20). The molecule has 1 N–H and O–H groups in total. The summed E-state index contributed by atoms with van der Waals surface area (Å²) in [7, 11) is 0. The van der Waals surface area contributed by atoms with Crippen LogP contribution in [0.5, 0.6) is 0 Å². The Morgan fingerprint density at radius 2 is 2.00 bits per heavy atom. The van der Waals surface area contributed by atoms with Crippen LogP contribution in [-0.4, -0.2) is 15.0 Å². The van der Waals surface area contributed by atoms with Crippen molar-refractivity contribution in [1.82, 2.24) is 15.0 Å². The average molecular weight is 283 g/mol. The molecule has 0 aliphatic rings. The molecule has 1 aromatic carbocycles.